The first-order valence-corrected chi connectivity index (χ1v) is 10.3. The summed E-state index contributed by atoms with van der Waals surface area (Å²) >= 11 is 0. The van der Waals surface area contributed by atoms with Crippen molar-refractivity contribution in [3.8, 4) is 11.5 Å². The standard InChI is InChI=1S/C25H20N2O5/c28-19(10-8-16-5-2-1-3-6-16)22-23(17-7-4-12-26-14-17)27(25(30)24(22)29)18-9-11-20-21(13-18)32-15-31-20/h1-7,9,11-14,23,29H,8,10,15H2. The van der Waals surface area contributed by atoms with Crippen LogP contribution >= 0.6 is 0 Å². The molecule has 1 N–H and O–H groups in total. The Bertz CT molecular complexity index is 1210. The number of carbonyl (C=O) groups excluding carboxylic acids is 2. The molecule has 0 bridgehead atoms. The second-order valence-electron chi connectivity index (χ2n) is 7.57. The van der Waals surface area contributed by atoms with Crippen LogP contribution in [0, 0.1) is 0 Å². The smallest absolute Gasteiger partial charge is 0.294 e. The van der Waals surface area contributed by atoms with Crippen LogP contribution in [0.5, 0.6) is 11.5 Å². The van der Waals surface area contributed by atoms with E-state index in [0.29, 0.717) is 29.2 Å². The summed E-state index contributed by atoms with van der Waals surface area (Å²) in [6.45, 7) is 0.103. The fourth-order valence-corrected chi connectivity index (χ4v) is 4.08. The number of benzene rings is 2. The van der Waals surface area contributed by atoms with Crippen molar-refractivity contribution in [2.45, 2.75) is 18.9 Å². The quantitative estimate of drug-likeness (QED) is 0.640. The molecule has 5 rings (SSSR count). The fourth-order valence-electron chi connectivity index (χ4n) is 4.08. The van der Waals surface area contributed by atoms with Crippen molar-refractivity contribution in [3.63, 3.8) is 0 Å². The molecule has 7 heteroatoms. The highest BCUT2D eigenvalue weighted by molar-refractivity contribution is 6.16. The van der Waals surface area contributed by atoms with Gasteiger partial charge in [0.25, 0.3) is 5.91 Å². The van der Waals surface area contributed by atoms with Crippen molar-refractivity contribution >= 4 is 17.4 Å². The van der Waals surface area contributed by atoms with Crippen LogP contribution in [0.1, 0.15) is 23.6 Å². The zero-order chi connectivity index (χ0) is 22.1. The maximum atomic E-state index is 13.3. The minimum atomic E-state index is -0.792. The second-order valence-corrected chi connectivity index (χ2v) is 7.57. The summed E-state index contributed by atoms with van der Waals surface area (Å²) < 4.78 is 10.8. The number of aryl methyl sites for hydroxylation is 1. The summed E-state index contributed by atoms with van der Waals surface area (Å²) in [5.74, 6) is -0.370. The largest absolute Gasteiger partial charge is 0.503 e. The van der Waals surface area contributed by atoms with Crippen LogP contribution in [-0.2, 0) is 16.0 Å². The van der Waals surface area contributed by atoms with Gasteiger partial charge in [-0.15, -0.1) is 0 Å². The first-order valence-electron chi connectivity index (χ1n) is 10.3. The second kappa shape index (κ2) is 8.19. The Labute approximate surface area is 184 Å². The third-order valence-corrected chi connectivity index (χ3v) is 5.63. The lowest BCUT2D eigenvalue weighted by Gasteiger charge is -2.26. The summed E-state index contributed by atoms with van der Waals surface area (Å²) in [7, 11) is 0. The molecule has 1 amide bonds. The van der Waals surface area contributed by atoms with Gasteiger partial charge in [0.15, 0.2) is 23.0 Å². The minimum absolute atomic E-state index is 0.0802. The number of carbonyl (C=O) groups is 2. The van der Waals surface area contributed by atoms with E-state index >= 15 is 0 Å². The molecule has 1 aromatic heterocycles. The van der Waals surface area contributed by atoms with Crippen molar-refractivity contribution in [1.82, 2.24) is 4.98 Å². The number of ketones is 1. The monoisotopic (exact) mass is 428 g/mol. The van der Waals surface area contributed by atoms with Gasteiger partial charge in [0.05, 0.1) is 11.6 Å². The van der Waals surface area contributed by atoms with Gasteiger partial charge in [-0.05, 0) is 35.7 Å². The van der Waals surface area contributed by atoms with Gasteiger partial charge >= 0.3 is 0 Å². The van der Waals surface area contributed by atoms with Gasteiger partial charge in [0.1, 0.15) is 0 Å². The molecular weight excluding hydrogens is 408 g/mol. The molecule has 7 nitrogen and oxygen atoms in total. The predicted octanol–water partition coefficient (Wildman–Crippen LogP) is 3.91. The zero-order valence-electron chi connectivity index (χ0n) is 17.1. The van der Waals surface area contributed by atoms with Crippen molar-refractivity contribution < 1.29 is 24.2 Å². The van der Waals surface area contributed by atoms with Crippen LogP contribution in [0.25, 0.3) is 0 Å². The Balaban J connectivity index is 1.51. The lowest BCUT2D eigenvalue weighted by molar-refractivity contribution is -0.118. The number of hydrogen-bond donors (Lipinski definition) is 1. The first kappa shape index (κ1) is 19.8. The average Bonchev–Trinajstić information content (AvgIpc) is 3.40. The number of pyridine rings is 1. The van der Waals surface area contributed by atoms with E-state index < -0.39 is 17.7 Å². The lowest BCUT2D eigenvalue weighted by Crippen LogP contribution is -2.31. The van der Waals surface area contributed by atoms with E-state index in [1.54, 1.807) is 42.7 Å². The third kappa shape index (κ3) is 3.47. The number of nitrogens with zero attached hydrogens (tertiary/aromatic N) is 2. The zero-order valence-corrected chi connectivity index (χ0v) is 17.1. The van der Waals surface area contributed by atoms with E-state index in [-0.39, 0.29) is 24.6 Å². The van der Waals surface area contributed by atoms with Crippen molar-refractivity contribution in [2.24, 2.45) is 0 Å². The molecular formula is C25H20N2O5. The summed E-state index contributed by atoms with van der Waals surface area (Å²) in [6, 6.07) is 17.4. The molecule has 3 heterocycles. The van der Waals surface area contributed by atoms with E-state index in [1.807, 2.05) is 30.3 Å². The normalized spacial score (nSPS) is 17.2. The average molecular weight is 428 g/mol. The molecule has 0 saturated heterocycles. The summed E-state index contributed by atoms with van der Waals surface area (Å²) in [4.78, 5) is 32.0. The van der Waals surface area contributed by atoms with Gasteiger partial charge in [-0.2, -0.15) is 0 Å². The number of aromatic nitrogens is 1. The predicted molar refractivity (Wildman–Crippen MR) is 116 cm³/mol. The van der Waals surface area contributed by atoms with Gasteiger partial charge in [-0.25, -0.2) is 0 Å². The molecule has 0 radical (unpaired) electrons. The number of anilines is 1. The van der Waals surface area contributed by atoms with Crippen molar-refractivity contribution in [2.75, 3.05) is 11.7 Å². The van der Waals surface area contributed by atoms with Crippen LogP contribution < -0.4 is 14.4 Å². The van der Waals surface area contributed by atoms with E-state index in [0.717, 1.165) is 5.56 Å². The Morgan fingerprint density at radius 2 is 1.88 bits per heavy atom. The number of amides is 1. The lowest BCUT2D eigenvalue weighted by atomic mass is 9.94. The molecule has 0 aliphatic carbocycles. The number of fused-ring (bicyclic) bond motifs is 1. The van der Waals surface area contributed by atoms with E-state index in [2.05, 4.69) is 4.98 Å². The Kier molecular flexibility index (Phi) is 5.07. The number of Topliss-reactive ketones (excluding diaryl/α,β-unsaturated/α-hetero) is 1. The van der Waals surface area contributed by atoms with Gasteiger partial charge in [-0.3, -0.25) is 19.5 Å². The molecule has 2 aliphatic rings. The number of aliphatic hydroxyl groups excluding tert-OH is 1. The maximum Gasteiger partial charge on any atom is 0.294 e. The third-order valence-electron chi connectivity index (χ3n) is 5.63. The van der Waals surface area contributed by atoms with Gasteiger partial charge in [-0.1, -0.05) is 36.4 Å². The van der Waals surface area contributed by atoms with Crippen molar-refractivity contribution in [1.29, 1.82) is 0 Å². The Morgan fingerprint density at radius 3 is 2.66 bits per heavy atom. The SMILES string of the molecule is O=C(CCc1ccccc1)C1=C(O)C(=O)N(c2ccc3c(c2)OCO3)C1c1cccnc1. The van der Waals surface area contributed by atoms with E-state index in [9.17, 15) is 14.7 Å². The number of ether oxygens (including phenoxy) is 2. The Morgan fingerprint density at radius 1 is 1.06 bits per heavy atom. The minimum Gasteiger partial charge on any atom is -0.503 e. The first-order chi connectivity index (χ1) is 15.6. The topological polar surface area (TPSA) is 89.0 Å². The molecule has 160 valence electrons. The van der Waals surface area contributed by atoms with Gasteiger partial charge in [0.2, 0.25) is 6.79 Å². The van der Waals surface area contributed by atoms with Gasteiger partial charge < -0.3 is 14.6 Å². The van der Waals surface area contributed by atoms with Crippen LogP contribution in [0.3, 0.4) is 0 Å². The highest BCUT2D eigenvalue weighted by Gasteiger charge is 2.44. The van der Waals surface area contributed by atoms with Crippen LogP contribution in [0.2, 0.25) is 0 Å². The summed E-state index contributed by atoms with van der Waals surface area (Å²) in [6.07, 6.45) is 3.89. The molecule has 32 heavy (non-hydrogen) atoms. The number of rotatable bonds is 6. The highest BCUT2D eigenvalue weighted by atomic mass is 16.7. The van der Waals surface area contributed by atoms with Gasteiger partial charge in [0, 0.05) is 30.6 Å². The van der Waals surface area contributed by atoms with Crippen molar-refractivity contribution in [3.05, 3.63) is 95.5 Å². The molecule has 1 atom stereocenters. The molecule has 0 fully saturated rings. The summed E-state index contributed by atoms with van der Waals surface area (Å²) in [5, 5.41) is 10.8. The fraction of sp³-hybridized carbons (Fsp3) is 0.160. The molecule has 0 spiro atoms. The molecule has 3 aromatic rings. The summed E-state index contributed by atoms with van der Waals surface area (Å²) in [5.41, 5.74) is 2.21. The number of aliphatic hydroxyl groups is 1. The Hall–Kier alpha value is -4.13. The highest BCUT2D eigenvalue weighted by Crippen LogP contribution is 2.44. The van der Waals surface area contributed by atoms with Crippen LogP contribution in [0.15, 0.2) is 84.4 Å². The van der Waals surface area contributed by atoms with Crippen LogP contribution in [-0.4, -0.2) is 28.6 Å². The molecule has 0 saturated carbocycles. The maximum absolute atomic E-state index is 13.3. The van der Waals surface area contributed by atoms with E-state index in [1.165, 1.54) is 4.90 Å². The number of hydrogen-bond acceptors (Lipinski definition) is 6. The van der Waals surface area contributed by atoms with E-state index in [4.69, 9.17) is 9.47 Å². The molecule has 1 unspecified atom stereocenters. The molecule has 2 aliphatic heterocycles. The molecule has 2 aromatic carbocycles. The van der Waals surface area contributed by atoms with Crippen LogP contribution in [0.4, 0.5) is 5.69 Å².